The van der Waals surface area contributed by atoms with Crippen molar-refractivity contribution in [2.45, 2.75) is 26.2 Å². The van der Waals surface area contributed by atoms with Gasteiger partial charge in [0.25, 0.3) is 5.91 Å². The predicted molar refractivity (Wildman–Crippen MR) is 81.9 cm³/mol. The molecule has 11 heteroatoms. The summed E-state index contributed by atoms with van der Waals surface area (Å²) in [6, 6.07) is 0. The lowest BCUT2D eigenvalue weighted by Crippen LogP contribution is -2.29. The summed E-state index contributed by atoms with van der Waals surface area (Å²) in [5.74, 6) is -0.703. The number of halogens is 5. The molecule has 0 atom stereocenters. The van der Waals surface area contributed by atoms with E-state index in [4.69, 9.17) is 23.2 Å². The maximum absolute atomic E-state index is 12.8. The zero-order valence-electron chi connectivity index (χ0n) is 13.0. The normalized spacial score (nSPS) is 11.8. The minimum atomic E-state index is -4.74. The summed E-state index contributed by atoms with van der Waals surface area (Å²) in [6.45, 7) is 2.45. The summed E-state index contributed by atoms with van der Waals surface area (Å²) in [5.41, 5.74) is -1.06. The molecule has 0 aromatic carbocycles. The molecule has 2 heterocycles. The van der Waals surface area contributed by atoms with E-state index in [9.17, 15) is 18.0 Å². The van der Waals surface area contributed by atoms with Crippen molar-refractivity contribution < 1.29 is 18.0 Å². The van der Waals surface area contributed by atoms with E-state index >= 15 is 0 Å². The number of hydrogen-bond donors (Lipinski definition) is 0. The lowest BCUT2D eigenvalue weighted by molar-refractivity contribution is -0.141. The number of carbonyl (C=O) groups is 1. The second-order valence-corrected chi connectivity index (χ2v) is 5.83. The average Bonchev–Trinajstić information content (AvgIpc) is 2.98. The Morgan fingerprint density at radius 3 is 2.50 bits per heavy atom. The van der Waals surface area contributed by atoms with Crippen molar-refractivity contribution in [1.82, 2.24) is 24.5 Å². The molecule has 2 aromatic heterocycles. The van der Waals surface area contributed by atoms with Crippen LogP contribution in [0.3, 0.4) is 0 Å². The van der Waals surface area contributed by atoms with E-state index < -0.39 is 22.8 Å². The van der Waals surface area contributed by atoms with E-state index in [0.29, 0.717) is 17.3 Å². The molecule has 0 fully saturated rings. The molecule has 0 aliphatic rings. The van der Waals surface area contributed by atoms with Crippen LogP contribution in [0.5, 0.6) is 0 Å². The lowest BCUT2D eigenvalue weighted by Gasteiger charge is -2.18. The van der Waals surface area contributed by atoms with E-state index in [0.717, 1.165) is 4.68 Å². The monoisotopic (exact) mass is 383 g/mol. The Labute approximate surface area is 145 Å². The van der Waals surface area contributed by atoms with Crippen molar-refractivity contribution in [1.29, 1.82) is 0 Å². The Morgan fingerprint density at radius 2 is 2.00 bits per heavy atom. The largest absolute Gasteiger partial charge is 0.436 e. The summed E-state index contributed by atoms with van der Waals surface area (Å²) < 4.78 is 41.0. The zero-order valence-corrected chi connectivity index (χ0v) is 14.5. The fourth-order valence-electron chi connectivity index (χ4n) is 2.21. The van der Waals surface area contributed by atoms with Crippen LogP contribution in [0.1, 0.15) is 28.8 Å². The predicted octanol–water partition coefficient (Wildman–Crippen LogP) is 3.23. The minimum Gasteiger partial charge on any atom is -0.334 e. The maximum atomic E-state index is 12.8. The molecule has 6 nitrogen and oxygen atoms in total. The molecule has 0 saturated carbocycles. The summed E-state index contributed by atoms with van der Waals surface area (Å²) >= 11 is 11.8. The molecular weight excluding hydrogens is 370 g/mol. The van der Waals surface area contributed by atoms with E-state index in [1.54, 1.807) is 4.68 Å². The molecule has 0 saturated heterocycles. The van der Waals surface area contributed by atoms with Crippen molar-refractivity contribution in [2.24, 2.45) is 7.05 Å². The summed E-state index contributed by atoms with van der Waals surface area (Å²) in [5, 5.41) is 6.99. The lowest BCUT2D eigenvalue weighted by atomic mass is 10.3. The molecular formula is C13H14Cl2F3N5O. The van der Waals surface area contributed by atoms with Gasteiger partial charge in [-0.3, -0.25) is 14.2 Å². The number of aryl methyl sites for hydroxylation is 2. The van der Waals surface area contributed by atoms with E-state index in [2.05, 4.69) is 10.2 Å². The highest BCUT2D eigenvalue weighted by Crippen LogP contribution is 2.35. The number of rotatable bonds is 4. The molecule has 0 aliphatic carbocycles. The number of aromatic nitrogens is 4. The number of hydrogen-bond acceptors (Lipinski definition) is 3. The second-order valence-electron chi connectivity index (χ2n) is 5.05. The Kier molecular flexibility index (Phi) is 5.14. The van der Waals surface area contributed by atoms with Gasteiger partial charge in [-0.15, -0.1) is 0 Å². The third kappa shape index (κ3) is 3.36. The van der Waals surface area contributed by atoms with E-state index in [1.165, 1.54) is 25.2 Å². The first-order chi connectivity index (χ1) is 11.1. The number of alkyl halides is 3. The van der Waals surface area contributed by atoms with Gasteiger partial charge in [-0.2, -0.15) is 23.4 Å². The van der Waals surface area contributed by atoms with Crippen LogP contribution in [0.25, 0.3) is 0 Å². The van der Waals surface area contributed by atoms with Gasteiger partial charge >= 0.3 is 6.18 Å². The first-order valence-electron chi connectivity index (χ1n) is 6.83. The van der Waals surface area contributed by atoms with Crippen molar-refractivity contribution in [3.8, 4) is 0 Å². The number of nitrogens with zero attached hydrogens (tertiary/aromatic N) is 5. The summed E-state index contributed by atoms with van der Waals surface area (Å²) in [6.07, 6.45) is -3.30. The quantitative estimate of drug-likeness (QED) is 0.814. The zero-order chi connectivity index (χ0) is 18.2. The molecule has 0 radical (unpaired) electrons. The van der Waals surface area contributed by atoms with Gasteiger partial charge in [0.15, 0.2) is 5.69 Å². The van der Waals surface area contributed by atoms with E-state index in [1.807, 2.05) is 6.92 Å². The first kappa shape index (κ1) is 18.6. The van der Waals surface area contributed by atoms with Gasteiger partial charge in [0.2, 0.25) is 0 Å². The molecule has 0 aliphatic heterocycles. The minimum absolute atomic E-state index is 0.0639. The molecule has 2 aromatic rings. The Hall–Kier alpha value is -1.74. The molecule has 2 rings (SSSR count). The van der Waals surface area contributed by atoms with Gasteiger partial charge in [0.1, 0.15) is 10.7 Å². The average molecular weight is 384 g/mol. The van der Waals surface area contributed by atoms with Crippen LogP contribution in [0.15, 0.2) is 6.20 Å². The maximum Gasteiger partial charge on any atom is 0.436 e. The molecule has 0 N–H and O–H groups in total. The molecule has 132 valence electrons. The van der Waals surface area contributed by atoms with Gasteiger partial charge in [0.05, 0.1) is 23.5 Å². The molecule has 24 heavy (non-hydrogen) atoms. The Morgan fingerprint density at radius 1 is 1.38 bits per heavy atom. The molecule has 1 amide bonds. The molecule has 0 bridgehead atoms. The number of amides is 1. The fourth-order valence-corrected chi connectivity index (χ4v) is 2.76. The third-order valence-electron chi connectivity index (χ3n) is 3.39. The third-order valence-corrected chi connectivity index (χ3v) is 4.07. The molecule has 0 unspecified atom stereocenters. The Balaban J connectivity index is 2.32. The van der Waals surface area contributed by atoms with Crippen LogP contribution in [0, 0.1) is 0 Å². The summed E-state index contributed by atoms with van der Waals surface area (Å²) in [7, 11) is 2.66. The van der Waals surface area contributed by atoms with E-state index in [-0.39, 0.29) is 12.2 Å². The van der Waals surface area contributed by atoms with Gasteiger partial charge in [-0.25, -0.2) is 0 Å². The smallest absolute Gasteiger partial charge is 0.334 e. The second kappa shape index (κ2) is 6.64. The van der Waals surface area contributed by atoms with Crippen LogP contribution in [-0.4, -0.2) is 37.4 Å². The van der Waals surface area contributed by atoms with Gasteiger partial charge in [-0.05, 0) is 6.92 Å². The highest BCUT2D eigenvalue weighted by Gasteiger charge is 2.40. The van der Waals surface area contributed by atoms with Crippen LogP contribution >= 0.6 is 23.2 Å². The van der Waals surface area contributed by atoms with Gasteiger partial charge < -0.3 is 4.90 Å². The van der Waals surface area contributed by atoms with Crippen molar-refractivity contribution in [3.63, 3.8) is 0 Å². The Bertz CT molecular complexity index is 768. The highest BCUT2D eigenvalue weighted by atomic mass is 35.5. The number of carbonyl (C=O) groups excluding carboxylic acids is 1. The standard InChI is InChI=1S/C13H14Cl2F3N5O/c1-4-23-8(7(14)5-19-23)6-21(2)12(24)10-9(15)11(13(16,17)18)20-22(10)3/h5H,4,6H2,1-3H3. The van der Waals surface area contributed by atoms with Crippen LogP contribution in [0.4, 0.5) is 13.2 Å². The molecule has 0 spiro atoms. The fraction of sp³-hybridized carbons (Fsp3) is 0.462. The topological polar surface area (TPSA) is 56.0 Å². The van der Waals surface area contributed by atoms with Crippen LogP contribution < -0.4 is 0 Å². The van der Waals surface area contributed by atoms with Crippen LogP contribution in [-0.2, 0) is 26.3 Å². The van der Waals surface area contributed by atoms with Crippen molar-refractivity contribution >= 4 is 29.1 Å². The van der Waals surface area contributed by atoms with Crippen molar-refractivity contribution in [2.75, 3.05) is 7.05 Å². The van der Waals surface area contributed by atoms with Crippen LogP contribution in [0.2, 0.25) is 10.0 Å². The van der Waals surface area contributed by atoms with Gasteiger partial charge in [0, 0.05) is 20.6 Å². The SMILES string of the molecule is CCn1ncc(Cl)c1CN(C)C(=O)c1c(Cl)c(C(F)(F)F)nn1C. The van der Waals surface area contributed by atoms with Crippen molar-refractivity contribution in [3.05, 3.63) is 33.3 Å². The highest BCUT2D eigenvalue weighted by molar-refractivity contribution is 6.34. The first-order valence-corrected chi connectivity index (χ1v) is 7.58. The van der Waals surface area contributed by atoms with Gasteiger partial charge in [-0.1, -0.05) is 23.2 Å². The summed E-state index contributed by atoms with van der Waals surface area (Å²) in [4.78, 5) is 13.7.